The van der Waals surface area contributed by atoms with Crippen LogP contribution in [0, 0.1) is 2.88 Å². The van der Waals surface area contributed by atoms with Crippen molar-refractivity contribution in [3.8, 4) is 11.5 Å². The molecule has 21 heavy (non-hydrogen) atoms. The van der Waals surface area contributed by atoms with Gasteiger partial charge in [0.15, 0.2) is 0 Å². The van der Waals surface area contributed by atoms with Crippen LogP contribution in [-0.2, 0) is 0 Å². The molecular formula is C16H20INO2S. The van der Waals surface area contributed by atoms with Crippen molar-refractivity contribution in [2.45, 2.75) is 19.4 Å². The Labute approximate surface area is 143 Å². The molecule has 0 radical (unpaired) electrons. The van der Waals surface area contributed by atoms with Gasteiger partial charge in [-0.3, -0.25) is 0 Å². The molecule has 0 amide bonds. The molecule has 2 aromatic rings. The van der Waals surface area contributed by atoms with Crippen LogP contribution in [0.5, 0.6) is 11.5 Å². The Morgan fingerprint density at radius 3 is 2.62 bits per heavy atom. The predicted octanol–water partition coefficient (Wildman–Crippen LogP) is 4.46. The zero-order valence-corrected chi connectivity index (χ0v) is 15.5. The molecule has 0 bridgehead atoms. The minimum atomic E-state index is 0.120. The van der Waals surface area contributed by atoms with Crippen molar-refractivity contribution in [2.75, 3.05) is 20.8 Å². The summed E-state index contributed by atoms with van der Waals surface area (Å²) >= 11 is 4.12. The fraction of sp³-hybridized carbons (Fsp3) is 0.375. The van der Waals surface area contributed by atoms with Crippen LogP contribution in [0.25, 0.3) is 0 Å². The Hall–Kier alpha value is -0.790. The second-order valence-corrected chi connectivity index (χ2v) is 7.48. The van der Waals surface area contributed by atoms with E-state index in [2.05, 4.69) is 52.3 Å². The van der Waals surface area contributed by atoms with E-state index >= 15 is 0 Å². The molecule has 3 nitrogen and oxygen atoms in total. The van der Waals surface area contributed by atoms with Gasteiger partial charge in [0.1, 0.15) is 11.5 Å². The van der Waals surface area contributed by atoms with Gasteiger partial charge < -0.3 is 14.8 Å². The van der Waals surface area contributed by atoms with Crippen molar-refractivity contribution in [3.63, 3.8) is 0 Å². The maximum atomic E-state index is 5.54. The van der Waals surface area contributed by atoms with Gasteiger partial charge in [-0.15, -0.1) is 11.3 Å². The zero-order valence-electron chi connectivity index (χ0n) is 12.5. The van der Waals surface area contributed by atoms with E-state index < -0.39 is 0 Å². The molecule has 1 aromatic heterocycles. The number of methoxy groups -OCH3 is 2. The molecule has 1 atom stereocenters. The molecule has 0 saturated heterocycles. The van der Waals surface area contributed by atoms with E-state index in [0.29, 0.717) is 0 Å². The van der Waals surface area contributed by atoms with Gasteiger partial charge in [0.2, 0.25) is 0 Å². The van der Waals surface area contributed by atoms with Gasteiger partial charge in [0, 0.05) is 5.56 Å². The van der Waals surface area contributed by atoms with Crippen molar-refractivity contribution in [3.05, 3.63) is 43.7 Å². The quantitative estimate of drug-likeness (QED) is 0.675. The number of hydrogen-bond acceptors (Lipinski definition) is 4. The fourth-order valence-electron chi connectivity index (χ4n) is 2.24. The minimum absolute atomic E-state index is 0.120. The summed E-state index contributed by atoms with van der Waals surface area (Å²) in [6.07, 6.45) is 1.09. The van der Waals surface area contributed by atoms with Crippen LogP contribution < -0.4 is 14.8 Å². The number of nitrogens with one attached hydrogen (secondary N) is 1. The predicted molar refractivity (Wildman–Crippen MR) is 96.7 cm³/mol. The van der Waals surface area contributed by atoms with E-state index in [-0.39, 0.29) is 6.04 Å². The highest BCUT2D eigenvalue weighted by Gasteiger charge is 2.19. The zero-order chi connectivity index (χ0) is 15.2. The highest BCUT2D eigenvalue weighted by atomic mass is 127. The van der Waals surface area contributed by atoms with E-state index in [9.17, 15) is 0 Å². The second-order valence-electron chi connectivity index (χ2n) is 4.68. The number of halogens is 1. The summed E-state index contributed by atoms with van der Waals surface area (Å²) in [5, 5.41) is 5.81. The largest absolute Gasteiger partial charge is 0.497 e. The highest BCUT2D eigenvalue weighted by Crippen LogP contribution is 2.35. The molecule has 0 spiro atoms. The maximum Gasteiger partial charge on any atom is 0.124 e. The third-order valence-electron chi connectivity index (χ3n) is 3.27. The molecule has 2 rings (SSSR count). The summed E-state index contributed by atoms with van der Waals surface area (Å²) in [6.45, 7) is 3.13. The summed E-state index contributed by atoms with van der Waals surface area (Å²) in [5.41, 5.74) is 2.38. The lowest BCUT2D eigenvalue weighted by molar-refractivity contribution is 0.393. The van der Waals surface area contributed by atoms with Crippen LogP contribution in [0.3, 0.4) is 0 Å². The van der Waals surface area contributed by atoms with Crippen LogP contribution in [0.15, 0.2) is 29.6 Å². The lowest BCUT2D eigenvalue weighted by Crippen LogP contribution is -2.23. The van der Waals surface area contributed by atoms with Crippen LogP contribution in [-0.4, -0.2) is 20.8 Å². The van der Waals surface area contributed by atoms with Gasteiger partial charge in [-0.1, -0.05) is 6.92 Å². The van der Waals surface area contributed by atoms with Crippen molar-refractivity contribution in [1.82, 2.24) is 5.32 Å². The van der Waals surface area contributed by atoms with Crippen LogP contribution in [0.2, 0.25) is 0 Å². The SMILES string of the molecule is CCCNC(c1csc(I)c1)c1cc(OC)ccc1OC. The molecule has 1 unspecified atom stereocenters. The molecule has 5 heteroatoms. The lowest BCUT2D eigenvalue weighted by Gasteiger charge is -2.21. The molecule has 0 aliphatic rings. The first kappa shape index (κ1) is 16.6. The molecule has 0 aliphatic carbocycles. The number of hydrogen-bond donors (Lipinski definition) is 1. The van der Waals surface area contributed by atoms with Gasteiger partial charge in [0.25, 0.3) is 0 Å². The molecule has 1 aromatic carbocycles. The Balaban J connectivity index is 2.44. The normalized spacial score (nSPS) is 12.2. The summed E-state index contributed by atoms with van der Waals surface area (Å²) in [4.78, 5) is 0. The first-order valence-corrected chi connectivity index (χ1v) is 8.84. The number of benzene rings is 1. The van der Waals surface area contributed by atoms with E-state index in [1.807, 2.05) is 12.1 Å². The van der Waals surface area contributed by atoms with Gasteiger partial charge in [0.05, 0.1) is 23.1 Å². The Kier molecular flexibility index (Phi) is 6.32. The molecule has 0 fully saturated rings. The monoisotopic (exact) mass is 417 g/mol. The fourth-order valence-corrected chi connectivity index (χ4v) is 3.63. The first-order valence-electron chi connectivity index (χ1n) is 6.88. The smallest absolute Gasteiger partial charge is 0.124 e. The summed E-state index contributed by atoms with van der Waals surface area (Å²) in [7, 11) is 3.40. The van der Waals surface area contributed by atoms with Crippen molar-refractivity contribution in [1.29, 1.82) is 0 Å². The topological polar surface area (TPSA) is 30.5 Å². The van der Waals surface area contributed by atoms with Crippen molar-refractivity contribution in [2.24, 2.45) is 0 Å². The van der Waals surface area contributed by atoms with Crippen LogP contribution in [0.1, 0.15) is 30.5 Å². The number of ether oxygens (including phenoxy) is 2. The molecule has 0 saturated carbocycles. The Morgan fingerprint density at radius 2 is 2.05 bits per heavy atom. The lowest BCUT2D eigenvalue weighted by atomic mass is 9.99. The third kappa shape index (κ3) is 4.11. The standard InChI is InChI=1S/C16H20INO2S/c1-4-7-18-16(11-8-15(17)21-10-11)13-9-12(19-2)5-6-14(13)20-3/h5-6,8-10,16,18H,4,7H2,1-3H3. The van der Waals surface area contributed by atoms with E-state index in [4.69, 9.17) is 9.47 Å². The molecule has 0 aliphatic heterocycles. The summed E-state index contributed by atoms with van der Waals surface area (Å²) < 4.78 is 12.2. The van der Waals surface area contributed by atoms with Crippen LogP contribution >= 0.6 is 33.9 Å². The number of rotatable bonds is 7. The van der Waals surface area contributed by atoms with E-state index in [1.165, 1.54) is 8.45 Å². The highest BCUT2D eigenvalue weighted by molar-refractivity contribution is 14.1. The molecule has 1 heterocycles. The third-order valence-corrected chi connectivity index (χ3v) is 5.07. The van der Waals surface area contributed by atoms with Crippen LogP contribution in [0.4, 0.5) is 0 Å². The van der Waals surface area contributed by atoms with Crippen molar-refractivity contribution >= 4 is 33.9 Å². The summed E-state index contributed by atoms with van der Waals surface area (Å²) in [5.74, 6) is 1.73. The van der Waals surface area contributed by atoms with Gasteiger partial charge >= 0.3 is 0 Å². The van der Waals surface area contributed by atoms with Gasteiger partial charge in [-0.25, -0.2) is 0 Å². The van der Waals surface area contributed by atoms with E-state index in [1.54, 1.807) is 25.6 Å². The molecular weight excluding hydrogens is 397 g/mol. The number of thiophene rings is 1. The Morgan fingerprint density at radius 1 is 1.24 bits per heavy atom. The maximum absolute atomic E-state index is 5.54. The minimum Gasteiger partial charge on any atom is -0.497 e. The van der Waals surface area contributed by atoms with Crippen molar-refractivity contribution < 1.29 is 9.47 Å². The average molecular weight is 417 g/mol. The van der Waals surface area contributed by atoms with Gasteiger partial charge in [-0.05, 0) is 70.8 Å². The Bertz CT molecular complexity index is 585. The first-order chi connectivity index (χ1) is 10.2. The molecule has 114 valence electrons. The summed E-state index contributed by atoms with van der Waals surface area (Å²) in [6, 6.07) is 8.28. The van der Waals surface area contributed by atoms with Gasteiger partial charge in [-0.2, -0.15) is 0 Å². The van der Waals surface area contributed by atoms with E-state index in [0.717, 1.165) is 30.0 Å². The average Bonchev–Trinajstić information content (AvgIpc) is 2.93. The second kappa shape index (κ2) is 8.00. The molecule has 1 N–H and O–H groups in total.